The molecule has 1 atom stereocenters. The zero-order valence-electron chi connectivity index (χ0n) is 12.3. The molecule has 5 nitrogen and oxygen atoms in total. The van der Waals surface area contributed by atoms with Crippen molar-refractivity contribution in [3.05, 3.63) is 30.5 Å². The molecule has 0 saturated carbocycles. The van der Waals surface area contributed by atoms with E-state index >= 15 is 0 Å². The molecule has 0 aliphatic rings. The van der Waals surface area contributed by atoms with E-state index in [1.165, 1.54) is 6.39 Å². The second-order valence-corrected chi connectivity index (χ2v) is 5.37. The fraction of sp³-hybridized carbons (Fsp3) is 0.400. The summed E-state index contributed by atoms with van der Waals surface area (Å²) in [6.07, 6.45) is 6.08. The van der Waals surface area contributed by atoms with Gasteiger partial charge in [-0.3, -0.25) is 4.99 Å². The molecule has 0 N–H and O–H groups in total. The summed E-state index contributed by atoms with van der Waals surface area (Å²) in [6, 6.07) is 5.75. The number of aliphatic imine (C=N–C) groups is 1. The van der Waals surface area contributed by atoms with Crippen LogP contribution in [0.25, 0.3) is 0 Å². The van der Waals surface area contributed by atoms with Gasteiger partial charge in [0.1, 0.15) is 5.75 Å². The summed E-state index contributed by atoms with van der Waals surface area (Å²) in [5, 5.41) is 7.70. The molecule has 6 heteroatoms. The molecule has 0 amide bonds. The van der Waals surface area contributed by atoms with Gasteiger partial charge in [0.15, 0.2) is 6.10 Å². The highest BCUT2D eigenvalue weighted by atomic mass is 32.2. The molecule has 112 valence electrons. The summed E-state index contributed by atoms with van der Waals surface area (Å²) >= 11 is 1.61. The Morgan fingerprint density at radius 1 is 1.48 bits per heavy atom. The van der Waals surface area contributed by atoms with Crippen LogP contribution in [0.4, 0.5) is 5.69 Å². The maximum atomic E-state index is 6.03. The fourth-order valence-electron chi connectivity index (χ4n) is 1.97. The van der Waals surface area contributed by atoms with E-state index in [9.17, 15) is 0 Å². The lowest BCUT2D eigenvalue weighted by molar-refractivity contribution is 0.156. The highest BCUT2D eigenvalue weighted by molar-refractivity contribution is 7.98. The molecule has 1 aromatic heterocycles. The topological polar surface area (TPSA) is 60.5 Å². The predicted octanol–water partition coefficient (Wildman–Crippen LogP) is 4.43. The molecule has 2 aromatic rings. The first-order valence-corrected chi connectivity index (χ1v) is 8.08. The molecule has 0 fully saturated rings. The van der Waals surface area contributed by atoms with E-state index in [0.717, 1.165) is 35.6 Å². The molecule has 1 aromatic carbocycles. The Morgan fingerprint density at radius 3 is 2.95 bits per heavy atom. The maximum absolute atomic E-state index is 6.03. The third-order valence-corrected chi connectivity index (χ3v) is 3.84. The van der Waals surface area contributed by atoms with Crippen LogP contribution in [0.3, 0.4) is 0 Å². The van der Waals surface area contributed by atoms with Crippen LogP contribution < -0.4 is 4.74 Å². The van der Waals surface area contributed by atoms with Gasteiger partial charge in [-0.05, 0) is 44.0 Å². The average Bonchev–Trinajstić information content (AvgIpc) is 3.05. The van der Waals surface area contributed by atoms with Crippen molar-refractivity contribution in [1.82, 2.24) is 10.2 Å². The van der Waals surface area contributed by atoms with Gasteiger partial charge in [0, 0.05) is 4.90 Å². The van der Waals surface area contributed by atoms with E-state index < -0.39 is 0 Å². The summed E-state index contributed by atoms with van der Waals surface area (Å²) in [6.45, 7) is 5.71. The number of ether oxygens (including phenoxy) is 1. The molecule has 0 bridgehead atoms. The van der Waals surface area contributed by atoms with E-state index in [2.05, 4.69) is 28.8 Å². The van der Waals surface area contributed by atoms with Crippen molar-refractivity contribution in [2.75, 3.05) is 6.26 Å². The van der Waals surface area contributed by atoms with Crippen molar-refractivity contribution < 1.29 is 9.15 Å². The third kappa shape index (κ3) is 4.07. The van der Waals surface area contributed by atoms with E-state index in [-0.39, 0.29) is 6.10 Å². The molecular formula is C15H19N3O2S. The van der Waals surface area contributed by atoms with Crippen LogP contribution >= 0.6 is 11.8 Å². The minimum atomic E-state index is -0.218. The average molecular weight is 305 g/mol. The van der Waals surface area contributed by atoms with Gasteiger partial charge >= 0.3 is 0 Å². The van der Waals surface area contributed by atoms with Gasteiger partial charge < -0.3 is 9.15 Å². The molecule has 0 radical (unpaired) electrons. The second-order valence-electron chi connectivity index (χ2n) is 4.52. The number of thioether (sulfide) groups is 1. The Hall–Kier alpha value is -1.82. The van der Waals surface area contributed by atoms with Gasteiger partial charge in [0.25, 0.3) is 5.89 Å². The molecular weight excluding hydrogens is 286 g/mol. The summed E-state index contributed by atoms with van der Waals surface area (Å²) in [5.41, 5.74) is 0.859. The van der Waals surface area contributed by atoms with Gasteiger partial charge in [0.05, 0.1) is 5.69 Å². The van der Waals surface area contributed by atoms with Gasteiger partial charge in [0.2, 0.25) is 6.39 Å². The van der Waals surface area contributed by atoms with Crippen molar-refractivity contribution in [1.29, 1.82) is 0 Å². The Labute approximate surface area is 128 Å². The van der Waals surface area contributed by atoms with Gasteiger partial charge in [-0.1, -0.05) is 13.3 Å². The largest absolute Gasteiger partial charge is 0.481 e. The monoisotopic (exact) mass is 305 g/mol. The van der Waals surface area contributed by atoms with Crippen molar-refractivity contribution in [3.8, 4) is 5.75 Å². The molecule has 0 saturated heterocycles. The first-order chi connectivity index (χ1) is 10.3. The van der Waals surface area contributed by atoms with Crippen molar-refractivity contribution >= 4 is 24.2 Å². The number of hydrogen-bond acceptors (Lipinski definition) is 6. The molecule has 1 heterocycles. The van der Waals surface area contributed by atoms with Crippen LogP contribution in [0.5, 0.6) is 5.75 Å². The highest BCUT2D eigenvalue weighted by Gasteiger charge is 2.19. The number of hydrogen-bond donors (Lipinski definition) is 0. The third-order valence-electron chi connectivity index (χ3n) is 3.07. The zero-order chi connectivity index (χ0) is 15.1. The number of nitrogens with zero attached hydrogens (tertiary/aromatic N) is 3. The quantitative estimate of drug-likeness (QED) is 0.533. The smallest absolute Gasteiger partial charge is 0.256 e. The van der Waals surface area contributed by atoms with Crippen LogP contribution in [0.1, 0.15) is 38.2 Å². The molecule has 2 rings (SSSR count). The molecule has 1 unspecified atom stereocenters. The Morgan fingerprint density at radius 2 is 2.33 bits per heavy atom. The number of rotatable bonds is 8. The first-order valence-electron chi connectivity index (χ1n) is 6.86. The number of unbranched alkanes of at least 4 members (excludes halogenated alkanes) is 1. The van der Waals surface area contributed by atoms with Gasteiger partial charge in [-0.15, -0.1) is 22.0 Å². The normalized spacial score (nSPS) is 12.1. The lowest BCUT2D eigenvalue weighted by Crippen LogP contribution is -2.08. The second kappa shape index (κ2) is 7.83. The summed E-state index contributed by atoms with van der Waals surface area (Å²) in [4.78, 5) is 5.02. The van der Waals surface area contributed by atoms with Gasteiger partial charge in [-0.2, -0.15) is 0 Å². The highest BCUT2D eigenvalue weighted by Crippen LogP contribution is 2.33. The fourth-order valence-corrected chi connectivity index (χ4v) is 2.55. The minimum absolute atomic E-state index is 0.218. The number of benzene rings is 1. The van der Waals surface area contributed by atoms with Crippen molar-refractivity contribution in [2.24, 2.45) is 4.99 Å². The molecule has 0 aliphatic heterocycles. The Balaban J connectivity index is 2.18. The molecule has 21 heavy (non-hydrogen) atoms. The number of aromatic nitrogens is 2. The van der Waals surface area contributed by atoms with Crippen LogP contribution in [0, 0.1) is 0 Å². The standard InChI is InChI=1S/C15H19N3O2S/c1-4-5-6-13(15-18-17-10-19-15)20-11-7-8-12(16-2)14(9-11)21-3/h7-10,13H,2,4-6H2,1,3H3. The van der Waals surface area contributed by atoms with E-state index in [0.29, 0.717) is 5.89 Å². The first kappa shape index (κ1) is 15.6. The molecule has 0 aliphatic carbocycles. The lowest BCUT2D eigenvalue weighted by Gasteiger charge is -2.16. The van der Waals surface area contributed by atoms with E-state index in [1.54, 1.807) is 11.8 Å². The van der Waals surface area contributed by atoms with E-state index in [4.69, 9.17) is 9.15 Å². The predicted molar refractivity (Wildman–Crippen MR) is 84.6 cm³/mol. The summed E-state index contributed by atoms with van der Waals surface area (Å²) < 4.78 is 11.3. The van der Waals surface area contributed by atoms with E-state index in [1.807, 2.05) is 24.5 Å². The van der Waals surface area contributed by atoms with Gasteiger partial charge in [-0.25, -0.2) is 0 Å². The lowest BCUT2D eigenvalue weighted by atomic mass is 10.1. The Kier molecular flexibility index (Phi) is 5.80. The summed E-state index contributed by atoms with van der Waals surface area (Å²) in [7, 11) is 0. The van der Waals surface area contributed by atoms with Crippen LogP contribution in [0.15, 0.2) is 38.9 Å². The molecule has 0 spiro atoms. The van der Waals surface area contributed by atoms with Crippen LogP contribution in [-0.4, -0.2) is 23.2 Å². The van der Waals surface area contributed by atoms with Crippen LogP contribution in [0.2, 0.25) is 0 Å². The van der Waals surface area contributed by atoms with Crippen molar-refractivity contribution in [3.63, 3.8) is 0 Å². The SMILES string of the molecule is C=Nc1ccc(OC(CCCC)c2nnco2)cc1SC. The summed E-state index contributed by atoms with van der Waals surface area (Å²) in [5.74, 6) is 1.28. The van der Waals surface area contributed by atoms with Crippen LogP contribution in [-0.2, 0) is 0 Å². The maximum Gasteiger partial charge on any atom is 0.256 e. The Bertz CT molecular complexity index is 572. The zero-order valence-corrected chi connectivity index (χ0v) is 13.1. The van der Waals surface area contributed by atoms with Crippen molar-refractivity contribution in [2.45, 2.75) is 37.2 Å². The minimum Gasteiger partial charge on any atom is -0.481 e.